The highest BCUT2D eigenvalue weighted by Gasteiger charge is 2.37. The van der Waals surface area contributed by atoms with Crippen LogP contribution in [0.4, 0.5) is 0 Å². The summed E-state index contributed by atoms with van der Waals surface area (Å²) in [7, 11) is 1.49. The third kappa shape index (κ3) is 8.77. The summed E-state index contributed by atoms with van der Waals surface area (Å²) < 4.78 is 0. The monoisotopic (exact) mass is 445 g/mol. The van der Waals surface area contributed by atoms with E-state index in [2.05, 4.69) is 16.0 Å². The second-order valence-corrected chi connectivity index (χ2v) is 7.60. The van der Waals surface area contributed by atoms with Crippen LogP contribution in [0.15, 0.2) is 0 Å². The second kappa shape index (κ2) is 13.9. The third-order valence-electron chi connectivity index (χ3n) is 5.29. The van der Waals surface area contributed by atoms with E-state index in [1.54, 1.807) is 0 Å². The molecule has 4 unspecified atom stereocenters. The molecule has 0 bridgehead atoms. The molecule has 1 heterocycles. The lowest BCUT2D eigenvalue weighted by atomic mass is 10.1. The fourth-order valence-electron chi connectivity index (χ4n) is 3.57. The van der Waals surface area contributed by atoms with Crippen molar-refractivity contribution in [2.24, 2.45) is 5.73 Å². The highest BCUT2D eigenvalue weighted by molar-refractivity contribution is 5.87. The summed E-state index contributed by atoms with van der Waals surface area (Å²) in [6.07, 6.45) is 2.33. The van der Waals surface area contributed by atoms with Gasteiger partial charge in [0, 0.05) is 13.1 Å². The normalized spacial score (nSPS) is 18.9. The van der Waals surface area contributed by atoms with Gasteiger partial charge in [-0.2, -0.15) is 0 Å². The molecule has 1 fully saturated rings. The summed E-state index contributed by atoms with van der Waals surface area (Å²) in [5, 5.41) is 36.0. The molecule has 12 heteroatoms. The predicted octanol–water partition coefficient (Wildman–Crippen LogP) is -2.31. The molecule has 0 spiro atoms. The van der Waals surface area contributed by atoms with Crippen LogP contribution in [0.25, 0.3) is 0 Å². The van der Waals surface area contributed by atoms with Crippen LogP contribution >= 0.6 is 0 Å². The number of aliphatic carboxylic acids is 2. The predicted molar refractivity (Wildman–Crippen MR) is 111 cm³/mol. The Morgan fingerprint density at radius 1 is 1.16 bits per heavy atom. The Labute approximate surface area is 181 Å². The van der Waals surface area contributed by atoms with Gasteiger partial charge in [0.15, 0.2) is 0 Å². The Morgan fingerprint density at radius 3 is 2.42 bits per heavy atom. The van der Waals surface area contributed by atoms with Crippen molar-refractivity contribution in [1.82, 2.24) is 20.9 Å². The molecule has 0 radical (unpaired) electrons. The first-order valence-electron chi connectivity index (χ1n) is 10.5. The van der Waals surface area contributed by atoms with Crippen molar-refractivity contribution in [3.8, 4) is 0 Å². The molecule has 0 aromatic heterocycles. The van der Waals surface area contributed by atoms with Gasteiger partial charge in [-0.15, -0.1) is 0 Å². The van der Waals surface area contributed by atoms with E-state index < -0.39 is 48.6 Å². The van der Waals surface area contributed by atoms with Crippen LogP contribution < -0.4 is 21.7 Å². The average Bonchev–Trinajstić information content (AvgIpc) is 3.20. The van der Waals surface area contributed by atoms with Gasteiger partial charge in [0.2, 0.25) is 11.8 Å². The summed E-state index contributed by atoms with van der Waals surface area (Å²) in [5.41, 5.74) is 5.53. The van der Waals surface area contributed by atoms with E-state index in [-0.39, 0.29) is 18.9 Å². The number of carbonyl (C=O) groups is 4. The summed E-state index contributed by atoms with van der Waals surface area (Å²) in [4.78, 5) is 49.3. The number of nitrogens with two attached hydrogens (primary N) is 1. The van der Waals surface area contributed by atoms with Gasteiger partial charge in [-0.1, -0.05) is 6.42 Å². The quantitative estimate of drug-likeness (QED) is 0.135. The number of unbranched alkanes of at least 4 members (excludes halogenated alkanes) is 1. The summed E-state index contributed by atoms with van der Waals surface area (Å²) in [6.45, 7) is 0.332. The van der Waals surface area contributed by atoms with Gasteiger partial charge in [-0.25, -0.2) is 4.79 Å². The van der Waals surface area contributed by atoms with Crippen molar-refractivity contribution in [3.63, 3.8) is 0 Å². The Hall–Kier alpha value is -2.28. The van der Waals surface area contributed by atoms with Crippen LogP contribution in [0.5, 0.6) is 0 Å². The molecule has 1 aliphatic rings. The number of carbonyl (C=O) groups excluding carboxylic acids is 2. The minimum absolute atomic E-state index is 0.00941. The number of carboxylic acid groups (broad SMARTS) is 2. The number of hydrogen-bond donors (Lipinski definition) is 7. The van der Waals surface area contributed by atoms with Crippen LogP contribution in [0.1, 0.15) is 38.5 Å². The van der Waals surface area contributed by atoms with E-state index in [1.165, 1.54) is 11.9 Å². The number of amides is 2. The molecule has 8 N–H and O–H groups in total. The maximum absolute atomic E-state index is 13.0. The first kappa shape index (κ1) is 26.8. The number of nitrogens with zero attached hydrogens (tertiary/aromatic N) is 1. The van der Waals surface area contributed by atoms with Gasteiger partial charge >= 0.3 is 11.9 Å². The largest absolute Gasteiger partial charge is 0.481 e. The maximum Gasteiger partial charge on any atom is 0.326 e. The van der Waals surface area contributed by atoms with E-state index in [0.29, 0.717) is 45.2 Å². The third-order valence-corrected chi connectivity index (χ3v) is 5.29. The number of hydrogen-bond acceptors (Lipinski definition) is 8. The molecule has 0 aliphatic carbocycles. The van der Waals surface area contributed by atoms with E-state index in [4.69, 9.17) is 10.8 Å². The lowest BCUT2D eigenvalue weighted by Gasteiger charge is -2.29. The second-order valence-electron chi connectivity index (χ2n) is 7.60. The van der Waals surface area contributed by atoms with E-state index in [0.717, 1.165) is 0 Å². The number of aliphatic hydroxyl groups is 1. The molecular weight excluding hydrogens is 410 g/mol. The fraction of sp³-hybridized carbons (Fsp3) is 0.789. The number of nitrogens with one attached hydrogen (secondary N) is 3. The molecule has 0 aromatic carbocycles. The molecule has 1 saturated heterocycles. The number of carboxylic acids is 2. The topological polar surface area (TPSA) is 194 Å². The molecule has 1 rings (SSSR count). The molecule has 4 atom stereocenters. The van der Waals surface area contributed by atoms with E-state index >= 15 is 0 Å². The SMILES string of the molecule is CNC(CO)C(=O)NC(CNC(CCCCN)C(=O)N1CCCC1C(=O)O)CC(=O)O. The summed E-state index contributed by atoms with van der Waals surface area (Å²) >= 11 is 0. The van der Waals surface area contributed by atoms with Crippen LogP contribution in [0, 0.1) is 0 Å². The van der Waals surface area contributed by atoms with Crippen molar-refractivity contribution in [1.29, 1.82) is 0 Å². The fourth-order valence-corrected chi connectivity index (χ4v) is 3.57. The van der Waals surface area contributed by atoms with Crippen molar-refractivity contribution < 1.29 is 34.5 Å². The van der Waals surface area contributed by atoms with Crippen molar-refractivity contribution >= 4 is 23.8 Å². The van der Waals surface area contributed by atoms with Crippen LogP contribution in [0.2, 0.25) is 0 Å². The molecule has 31 heavy (non-hydrogen) atoms. The van der Waals surface area contributed by atoms with Crippen LogP contribution in [0.3, 0.4) is 0 Å². The first-order valence-corrected chi connectivity index (χ1v) is 10.5. The Bertz CT molecular complexity index is 614. The number of likely N-dealkylation sites (N-methyl/N-ethyl adjacent to an activating group) is 1. The lowest BCUT2D eigenvalue weighted by molar-refractivity contribution is -0.149. The average molecular weight is 446 g/mol. The smallest absolute Gasteiger partial charge is 0.326 e. The van der Waals surface area contributed by atoms with Gasteiger partial charge < -0.3 is 41.9 Å². The summed E-state index contributed by atoms with van der Waals surface area (Å²) in [6, 6.07) is -3.32. The highest BCUT2D eigenvalue weighted by atomic mass is 16.4. The minimum atomic E-state index is -1.13. The molecule has 0 aromatic rings. The Kier molecular flexibility index (Phi) is 12.0. The summed E-state index contributed by atoms with van der Waals surface area (Å²) in [5.74, 6) is -3.10. The zero-order chi connectivity index (χ0) is 23.4. The standard InChI is InChI=1S/C19H35N5O7/c1-21-14(11-25)17(28)23-12(9-16(26)27)10-22-13(5-2-3-7-20)18(29)24-8-4-6-15(24)19(30)31/h12-15,21-22,25H,2-11,20H2,1H3,(H,23,28)(H,26,27)(H,30,31). The van der Waals surface area contributed by atoms with E-state index in [1.807, 2.05) is 0 Å². The molecular formula is C19H35N5O7. The number of likely N-dealkylation sites (tertiary alicyclic amines) is 1. The van der Waals surface area contributed by atoms with Gasteiger partial charge in [-0.3, -0.25) is 14.4 Å². The molecule has 1 aliphatic heterocycles. The first-order chi connectivity index (χ1) is 14.7. The van der Waals surface area contributed by atoms with E-state index in [9.17, 15) is 29.4 Å². The maximum atomic E-state index is 13.0. The zero-order valence-corrected chi connectivity index (χ0v) is 17.9. The van der Waals surface area contributed by atoms with Crippen LogP contribution in [-0.2, 0) is 19.2 Å². The van der Waals surface area contributed by atoms with Gasteiger partial charge in [-0.05, 0) is 39.3 Å². The highest BCUT2D eigenvalue weighted by Crippen LogP contribution is 2.19. The van der Waals surface area contributed by atoms with Gasteiger partial charge in [0.05, 0.1) is 25.1 Å². The lowest BCUT2D eigenvalue weighted by Crippen LogP contribution is -2.55. The van der Waals surface area contributed by atoms with Gasteiger partial charge in [0.1, 0.15) is 12.1 Å². The molecule has 178 valence electrons. The Balaban J connectivity index is 2.86. The van der Waals surface area contributed by atoms with Crippen molar-refractivity contribution in [3.05, 3.63) is 0 Å². The minimum Gasteiger partial charge on any atom is -0.481 e. The van der Waals surface area contributed by atoms with Crippen molar-refractivity contribution in [2.75, 3.05) is 33.3 Å². The Morgan fingerprint density at radius 2 is 1.87 bits per heavy atom. The molecule has 2 amide bonds. The molecule has 0 saturated carbocycles. The van der Waals surface area contributed by atoms with Crippen LogP contribution in [-0.4, -0.2) is 101 Å². The molecule has 12 nitrogen and oxygen atoms in total. The zero-order valence-electron chi connectivity index (χ0n) is 17.9. The number of aliphatic hydroxyl groups excluding tert-OH is 1. The van der Waals surface area contributed by atoms with Crippen molar-refractivity contribution in [2.45, 2.75) is 62.7 Å². The number of rotatable bonds is 15. The van der Waals surface area contributed by atoms with Gasteiger partial charge in [0.25, 0.3) is 0 Å².